The molecule has 0 bridgehead atoms. The summed E-state index contributed by atoms with van der Waals surface area (Å²) in [5, 5.41) is 47.9. The van der Waals surface area contributed by atoms with Crippen molar-refractivity contribution in [2.75, 3.05) is 13.2 Å². The third-order valence-corrected chi connectivity index (χ3v) is 6.70. The summed E-state index contributed by atoms with van der Waals surface area (Å²) in [5.41, 5.74) is -11.3. The number of hydrogen-bond donors (Lipinski definition) is 4. The van der Waals surface area contributed by atoms with E-state index in [1.54, 1.807) is 25.1 Å². The van der Waals surface area contributed by atoms with Crippen molar-refractivity contribution in [3.05, 3.63) is 108 Å². The van der Waals surface area contributed by atoms with E-state index >= 15 is 0 Å². The molecule has 4 rings (SSSR count). The van der Waals surface area contributed by atoms with Crippen LogP contribution in [0.5, 0.6) is 0 Å². The van der Waals surface area contributed by atoms with Gasteiger partial charge < -0.3 is 29.9 Å². The lowest BCUT2D eigenvalue weighted by Crippen LogP contribution is -2.88. The molecule has 0 radical (unpaired) electrons. The highest BCUT2D eigenvalue weighted by atomic mass is 16.8. The first-order valence-corrected chi connectivity index (χ1v) is 12.0. The number of benzene rings is 3. The van der Waals surface area contributed by atoms with Gasteiger partial charge in [0.25, 0.3) is 0 Å². The van der Waals surface area contributed by atoms with Crippen molar-refractivity contribution >= 4 is 17.3 Å². The lowest BCUT2D eigenvalue weighted by molar-refractivity contribution is -0.465. The van der Waals surface area contributed by atoms with E-state index in [0.29, 0.717) is 0 Å². The third kappa shape index (κ3) is 4.01. The average Bonchev–Trinajstić information content (AvgIpc) is 2.97. The second-order valence-corrected chi connectivity index (χ2v) is 9.09. The Morgan fingerprint density at radius 2 is 1.08 bits per heavy atom. The predicted octanol–water partition coefficient (Wildman–Crippen LogP) is 1.93. The summed E-state index contributed by atoms with van der Waals surface area (Å²) < 4.78 is 10.7. The Labute approximate surface area is 218 Å². The molecule has 38 heavy (non-hydrogen) atoms. The normalized spacial score (nSPS) is 29.0. The molecule has 3 aromatic carbocycles. The van der Waals surface area contributed by atoms with Gasteiger partial charge in [0.05, 0.1) is 13.2 Å². The number of Topliss-reactive ketones (excluding diaryl/α,β-unsaturated/α-hetero) is 3. The quantitative estimate of drug-likeness (QED) is 0.245. The van der Waals surface area contributed by atoms with Crippen LogP contribution in [0.25, 0.3) is 0 Å². The van der Waals surface area contributed by atoms with Crippen LogP contribution in [-0.2, 0) is 9.47 Å². The number of aliphatic hydroxyl groups is 4. The molecule has 1 fully saturated rings. The lowest BCUT2D eigenvalue weighted by atomic mass is 9.60. The summed E-state index contributed by atoms with van der Waals surface area (Å²) >= 11 is 0. The molecular formula is C29H28O9. The molecule has 1 heterocycles. The van der Waals surface area contributed by atoms with Gasteiger partial charge in [0.15, 0.2) is 11.4 Å². The molecule has 9 nitrogen and oxygen atoms in total. The maximum absolute atomic E-state index is 14.1. The maximum Gasteiger partial charge on any atom is 0.322 e. The molecular weight excluding hydrogens is 492 g/mol. The fourth-order valence-corrected chi connectivity index (χ4v) is 4.64. The Kier molecular flexibility index (Phi) is 7.44. The minimum absolute atomic E-state index is 0.146. The molecule has 3 aromatic rings. The zero-order valence-electron chi connectivity index (χ0n) is 20.6. The second kappa shape index (κ2) is 10.3. The number of ether oxygens (including phenoxy) is 2. The standard InChI is InChI=1S/C29H28O9/c1-2-18-37-29(36)28(35,25(32)22-16-10-5-11-17-22)27(34,24(31)21-14-8-4-9-15-21)26(33,19-38-29)23(30)20-12-6-3-7-13-20/h3-17,33-36H,2,18-19H2,1H3/t26-,27+,28-,29?/m1/s1. The Morgan fingerprint density at radius 3 is 1.50 bits per heavy atom. The van der Waals surface area contributed by atoms with E-state index in [0.717, 1.165) is 0 Å². The Bertz CT molecular complexity index is 1310. The summed E-state index contributed by atoms with van der Waals surface area (Å²) in [6, 6.07) is 21.2. The van der Waals surface area contributed by atoms with Crippen molar-refractivity contribution in [3.63, 3.8) is 0 Å². The van der Waals surface area contributed by atoms with Gasteiger partial charge in [-0.25, -0.2) is 0 Å². The molecule has 1 aliphatic heterocycles. The number of carbonyl (C=O) groups is 3. The molecule has 4 atom stereocenters. The van der Waals surface area contributed by atoms with Crippen molar-refractivity contribution in [2.45, 2.75) is 36.1 Å². The molecule has 4 N–H and O–H groups in total. The van der Waals surface area contributed by atoms with Gasteiger partial charge >= 0.3 is 5.97 Å². The Balaban J connectivity index is 2.05. The predicted molar refractivity (Wildman–Crippen MR) is 134 cm³/mol. The monoisotopic (exact) mass is 520 g/mol. The van der Waals surface area contributed by atoms with Gasteiger partial charge in [-0.2, -0.15) is 0 Å². The summed E-state index contributed by atoms with van der Waals surface area (Å²) in [5.74, 6) is -7.37. The largest absolute Gasteiger partial charge is 0.376 e. The summed E-state index contributed by atoms with van der Waals surface area (Å²) in [7, 11) is 0. The highest BCUT2D eigenvalue weighted by molar-refractivity contribution is 6.18. The van der Waals surface area contributed by atoms with Gasteiger partial charge in [-0.1, -0.05) is 97.9 Å². The highest BCUT2D eigenvalue weighted by Crippen LogP contribution is 2.50. The molecule has 0 aliphatic carbocycles. The van der Waals surface area contributed by atoms with Crippen LogP contribution in [-0.4, -0.2) is 73.8 Å². The minimum Gasteiger partial charge on any atom is -0.376 e. The summed E-state index contributed by atoms with van der Waals surface area (Å²) in [6.07, 6.45) is 0.277. The van der Waals surface area contributed by atoms with E-state index < -0.39 is 46.7 Å². The zero-order valence-corrected chi connectivity index (χ0v) is 20.6. The average molecular weight is 521 g/mol. The first-order valence-electron chi connectivity index (χ1n) is 12.0. The number of carbonyl (C=O) groups excluding carboxylic acids is 3. The van der Waals surface area contributed by atoms with Crippen LogP contribution >= 0.6 is 0 Å². The first kappa shape index (κ1) is 27.5. The highest BCUT2D eigenvalue weighted by Gasteiger charge is 2.83. The van der Waals surface area contributed by atoms with Crippen LogP contribution in [0, 0.1) is 0 Å². The molecule has 1 unspecified atom stereocenters. The van der Waals surface area contributed by atoms with E-state index in [-0.39, 0.29) is 29.7 Å². The molecule has 1 saturated heterocycles. The van der Waals surface area contributed by atoms with Crippen molar-refractivity contribution in [2.24, 2.45) is 0 Å². The van der Waals surface area contributed by atoms with Crippen LogP contribution in [0.3, 0.4) is 0 Å². The first-order chi connectivity index (χ1) is 18.1. The SMILES string of the molecule is CCCOC1(O)OC[C@@](O)(C(=O)c2ccccc2)[C@@](O)(C(=O)c2ccccc2)[C@]1(O)C(=O)c1ccccc1. The maximum atomic E-state index is 14.1. The fraction of sp³-hybridized carbons (Fsp3) is 0.276. The molecule has 198 valence electrons. The van der Waals surface area contributed by atoms with Gasteiger partial charge in [-0.05, 0) is 6.42 Å². The van der Waals surface area contributed by atoms with E-state index in [2.05, 4.69) is 0 Å². The molecule has 0 aromatic heterocycles. The second-order valence-electron chi connectivity index (χ2n) is 9.09. The number of hydrogen-bond acceptors (Lipinski definition) is 9. The Morgan fingerprint density at radius 1 is 0.684 bits per heavy atom. The molecule has 9 heteroatoms. The van der Waals surface area contributed by atoms with Gasteiger partial charge in [-0.3, -0.25) is 14.4 Å². The smallest absolute Gasteiger partial charge is 0.322 e. The third-order valence-electron chi connectivity index (χ3n) is 6.70. The van der Waals surface area contributed by atoms with Crippen LogP contribution in [0.4, 0.5) is 0 Å². The number of ketones is 3. The van der Waals surface area contributed by atoms with Crippen molar-refractivity contribution < 1.29 is 44.3 Å². The lowest BCUT2D eigenvalue weighted by Gasteiger charge is -2.57. The van der Waals surface area contributed by atoms with Crippen LogP contribution in [0.15, 0.2) is 91.0 Å². The van der Waals surface area contributed by atoms with Gasteiger partial charge in [0, 0.05) is 16.7 Å². The molecule has 0 saturated carbocycles. The molecule has 1 aliphatic rings. The van der Waals surface area contributed by atoms with Crippen LogP contribution < -0.4 is 0 Å². The Hall–Kier alpha value is -3.57. The zero-order chi connectivity index (χ0) is 27.6. The van der Waals surface area contributed by atoms with E-state index in [1.165, 1.54) is 72.8 Å². The summed E-state index contributed by atoms with van der Waals surface area (Å²) in [4.78, 5) is 41.8. The van der Waals surface area contributed by atoms with Gasteiger partial charge in [0.1, 0.15) is 0 Å². The van der Waals surface area contributed by atoms with E-state index in [9.17, 15) is 34.8 Å². The molecule has 0 spiro atoms. The number of rotatable bonds is 9. The minimum atomic E-state index is -3.72. The van der Waals surface area contributed by atoms with Gasteiger partial charge in [0.2, 0.25) is 22.8 Å². The van der Waals surface area contributed by atoms with Crippen molar-refractivity contribution in [1.29, 1.82) is 0 Å². The van der Waals surface area contributed by atoms with E-state index in [1.807, 2.05) is 0 Å². The van der Waals surface area contributed by atoms with Crippen molar-refractivity contribution in [1.82, 2.24) is 0 Å². The summed E-state index contributed by atoms with van der Waals surface area (Å²) in [6.45, 7) is 0.197. The van der Waals surface area contributed by atoms with Crippen LogP contribution in [0.2, 0.25) is 0 Å². The fourth-order valence-electron chi connectivity index (χ4n) is 4.64. The van der Waals surface area contributed by atoms with Crippen LogP contribution in [0.1, 0.15) is 44.4 Å². The van der Waals surface area contributed by atoms with Gasteiger partial charge in [-0.15, -0.1) is 0 Å². The molecule has 0 amide bonds. The van der Waals surface area contributed by atoms with Crippen molar-refractivity contribution in [3.8, 4) is 0 Å². The topological polar surface area (TPSA) is 151 Å². The van der Waals surface area contributed by atoms with E-state index in [4.69, 9.17) is 9.47 Å².